The van der Waals surface area contributed by atoms with E-state index in [1.807, 2.05) is 54.6 Å². The first kappa shape index (κ1) is 16.4. The number of hydrogen-bond acceptors (Lipinski definition) is 1. The maximum atomic E-state index is 11.4. The second-order valence-electron chi connectivity index (χ2n) is 6.18. The van der Waals surface area contributed by atoms with E-state index in [0.29, 0.717) is 5.02 Å². The summed E-state index contributed by atoms with van der Waals surface area (Å²) in [5.74, 6) is -0.868. The summed E-state index contributed by atoms with van der Waals surface area (Å²) < 4.78 is 0. The molecule has 0 saturated carbocycles. The second-order valence-corrected chi connectivity index (χ2v) is 6.62. The molecule has 0 bridgehead atoms. The molecule has 26 heavy (non-hydrogen) atoms. The third-order valence-corrected chi connectivity index (χ3v) is 4.71. The van der Waals surface area contributed by atoms with Gasteiger partial charge < -0.3 is 10.1 Å². The van der Waals surface area contributed by atoms with Gasteiger partial charge in [-0.25, -0.2) is 0 Å². The topological polar surface area (TPSA) is 53.1 Å². The summed E-state index contributed by atoms with van der Waals surface area (Å²) in [4.78, 5) is 14.7. The van der Waals surface area contributed by atoms with Gasteiger partial charge in [0.25, 0.3) is 0 Å². The Balaban J connectivity index is 1.82. The molecule has 3 aromatic carbocycles. The van der Waals surface area contributed by atoms with Crippen LogP contribution in [0.2, 0.25) is 5.02 Å². The van der Waals surface area contributed by atoms with Crippen LogP contribution in [0.25, 0.3) is 33.3 Å². The normalized spacial score (nSPS) is 11.0. The van der Waals surface area contributed by atoms with E-state index in [4.69, 9.17) is 11.6 Å². The molecular formula is C22H16ClNO2. The van der Waals surface area contributed by atoms with E-state index < -0.39 is 5.97 Å². The Bertz CT molecular complexity index is 1080. The second kappa shape index (κ2) is 6.70. The van der Waals surface area contributed by atoms with Crippen molar-refractivity contribution in [2.75, 3.05) is 0 Å². The number of nitrogens with one attached hydrogen (secondary N) is 1. The number of benzene rings is 3. The molecule has 0 atom stereocenters. The number of aliphatic carboxylic acids is 1. The molecule has 2 N–H and O–H groups in total. The van der Waals surface area contributed by atoms with E-state index in [2.05, 4.69) is 17.1 Å². The molecule has 0 amide bonds. The number of rotatable bonds is 4. The highest BCUT2D eigenvalue weighted by Crippen LogP contribution is 2.33. The summed E-state index contributed by atoms with van der Waals surface area (Å²) in [6.45, 7) is 0. The third-order valence-electron chi connectivity index (χ3n) is 4.48. The van der Waals surface area contributed by atoms with Crippen LogP contribution in [0.4, 0.5) is 0 Å². The first-order valence-electron chi connectivity index (χ1n) is 8.29. The molecule has 0 unspecified atom stereocenters. The van der Waals surface area contributed by atoms with Crippen molar-refractivity contribution < 1.29 is 9.90 Å². The summed E-state index contributed by atoms with van der Waals surface area (Å²) in [6.07, 6.45) is -0.0594. The van der Waals surface area contributed by atoms with Crippen molar-refractivity contribution in [2.45, 2.75) is 6.42 Å². The molecule has 128 valence electrons. The lowest BCUT2D eigenvalue weighted by Crippen LogP contribution is -2.00. The van der Waals surface area contributed by atoms with Gasteiger partial charge in [-0.05, 0) is 40.5 Å². The molecule has 1 aromatic heterocycles. The Hall–Kier alpha value is -3.04. The Morgan fingerprint density at radius 3 is 2.23 bits per heavy atom. The molecule has 0 spiro atoms. The summed E-state index contributed by atoms with van der Waals surface area (Å²) in [6, 6.07) is 23.8. The molecule has 4 heteroatoms. The van der Waals surface area contributed by atoms with E-state index in [0.717, 1.165) is 38.9 Å². The van der Waals surface area contributed by atoms with Crippen molar-refractivity contribution in [1.82, 2.24) is 4.98 Å². The van der Waals surface area contributed by atoms with Crippen molar-refractivity contribution in [3.05, 3.63) is 83.4 Å². The predicted molar refractivity (Wildman–Crippen MR) is 106 cm³/mol. The number of carboxylic acid groups (broad SMARTS) is 1. The van der Waals surface area contributed by atoms with Crippen molar-refractivity contribution in [1.29, 1.82) is 0 Å². The third kappa shape index (κ3) is 3.09. The predicted octanol–water partition coefficient (Wildman–Crippen LogP) is 5.78. The molecule has 3 nitrogen and oxygen atoms in total. The fourth-order valence-corrected chi connectivity index (χ4v) is 3.43. The summed E-state index contributed by atoms with van der Waals surface area (Å²) >= 11 is 6.11. The lowest BCUT2D eigenvalue weighted by molar-refractivity contribution is -0.136. The summed E-state index contributed by atoms with van der Waals surface area (Å²) in [7, 11) is 0. The molecule has 4 aromatic rings. The number of fused-ring (bicyclic) bond motifs is 1. The van der Waals surface area contributed by atoms with Gasteiger partial charge in [-0.2, -0.15) is 0 Å². The van der Waals surface area contributed by atoms with Crippen molar-refractivity contribution in [3.63, 3.8) is 0 Å². The molecular weight excluding hydrogens is 346 g/mol. The van der Waals surface area contributed by atoms with Gasteiger partial charge in [-0.1, -0.05) is 66.2 Å². The standard InChI is InChI=1S/C22H16ClNO2/c23-17-10-11-20-18(12-17)19(13-21(25)26)22(24-20)16-8-6-15(7-9-16)14-4-2-1-3-5-14/h1-12,24H,13H2,(H,25,26). The largest absolute Gasteiger partial charge is 0.481 e. The van der Waals surface area contributed by atoms with Gasteiger partial charge in [-0.3, -0.25) is 4.79 Å². The van der Waals surface area contributed by atoms with E-state index in [1.165, 1.54) is 0 Å². The number of aromatic nitrogens is 1. The lowest BCUT2D eigenvalue weighted by Gasteiger charge is -2.06. The highest BCUT2D eigenvalue weighted by molar-refractivity contribution is 6.31. The van der Waals surface area contributed by atoms with Crippen LogP contribution in [-0.4, -0.2) is 16.1 Å². The van der Waals surface area contributed by atoms with Gasteiger partial charge in [0.15, 0.2) is 0 Å². The number of halogens is 1. The minimum Gasteiger partial charge on any atom is -0.481 e. The summed E-state index contributed by atoms with van der Waals surface area (Å²) in [5, 5.41) is 10.8. The Labute approximate surface area is 155 Å². The average Bonchev–Trinajstić information content (AvgIpc) is 3.00. The van der Waals surface area contributed by atoms with Crippen molar-refractivity contribution in [3.8, 4) is 22.4 Å². The number of carboxylic acids is 1. The highest BCUT2D eigenvalue weighted by atomic mass is 35.5. The van der Waals surface area contributed by atoms with E-state index in [9.17, 15) is 9.90 Å². The molecule has 1 heterocycles. The van der Waals surface area contributed by atoms with E-state index in [-0.39, 0.29) is 6.42 Å². The quantitative estimate of drug-likeness (QED) is 0.484. The minimum absolute atomic E-state index is 0.0594. The van der Waals surface area contributed by atoms with Crippen LogP contribution in [0.3, 0.4) is 0 Å². The van der Waals surface area contributed by atoms with Crippen LogP contribution in [0, 0.1) is 0 Å². The van der Waals surface area contributed by atoms with Crippen LogP contribution in [-0.2, 0) is 11.2 Å². The number of aromatic amines is 1. The SMILES string of the molecule is O=C(O)Cc1c(-c2ccc(-c3ccccc3)cc2)[nH]c2ccc(Cl)cc12. The number of H-pyrrole nitrogens is 1. The molecule has 0 aliphatic carbocycles. The molecule has 0 fully saturated rings. The van der Waals surface area contributed by atoms with Crippen LogP contribution < -0.4 is 0 Å². The first-order valence-corrected chi connectivity index (χ1v) is 8.67. The first-order chi connectivity index (χ1) is 12.6. The average molecular weight is 362 g/mol. The summed E-state index contributed by atoms with van der Waals surface area (Å²) in [5.41, 5.74) is 5.68. The molecule has 0 aliphatic heterocycles. The van der Waals surface area contributed by atoms with Crippen molar-refractivity contribution >= 4 is 28.5 Å². The van der Waals surface area contributed by atoms with E-state index >= 15 is 0 Å². The van der Waals surface area contributed by atoms with Crippen molar-refractivity contribution in [2.24, 2.45) is 0 Å². The van der Waals surface area contributed by atoms with Gasteiger partial charge in [-0.15, -0.1) is 0 Å². The molecule has 4 rings (SSSR count). The zero-order valence-corrected chi connectivity index (χ0v) is 14.6. The van der Waals surface area contributed by atoms with Crippen LogP contribution in [0.15, 0.2) is 72.8 Å². The Morgan fingerprint density at radius 2 is 1.54 bits per heavy atom. The maximum Gasteiger partial charge on any atom is 0.307 e. The molecule has 0 radical (unpaired) electrons. The number of hydrogen-bond donors (Lipinski definition) is 2. The van der Waals surface area contributed by atoms with Gasteiger partial charge in [0.05, 0.1) is 12.1 Å². The smallest absolute Gasteiger partial charge is 0.307 e. The van der Waals surface area contributed by atoms with Crippen LogP contribution in [0.5, 0.6) is 0 Å². The minimum atomic E-state index is -0.868. The fraction of sp³-hybridized carbons (Fsp3) is 0.0455. The zero-order chi connectivity index (χ0) is 18.1. The lowest BCUT2D eigenvalue weighted by atomic mass is 9.99. The zero-order valence-electron chi connectivity index (χ0n) is 13.9. The van der Waals surface area contributed by atoms with Crippen LogP contribution in [0.1, 0.15) is 5.56 Å². The van der Waals surface area contributed by atoms with Gasteiger partial charge >= 0.3 is 5.97 Å². The van der Waals surface area contributed by atoms with Gasteiger partial charge in [0, 0.05) is 15.9 Å². The van der Waals surface area contributed by atoms with Crippen LogP contribution >= 0.6 is 11.6 Å². The molecule has 0 aliphatic rings. The van der Waals surface area contributed by atoms with Gasteiger partial charge in [0.1, 0.15) is 0 Å². The fourth-order valence-electron chi connectivity index (χ4n) is 3.26. The Kier molecular flexibility index (Phi) is 4.23. The maximum absolute atomic E-state index is 11.4. The monoisotopic (exact) mass is 361 g/mol. The molecule has 0 saturated heterocycles. The highest BCUT2D eigenvalue weighted by Gasteiger charge is 2.16. The van der Waals surface area contributed by atoms with Gasteiger partial charge in [0.2, 0.25) is 0 Å². The van der Waals surface area contributed by atoms with E-state index in [1.54, 1.807) is 6.07 Å². The number of carbonyl (C=O) groups is 1. The Morgan fingerprint density at radius 1 is 0.885 bits per heavy atom.